The minimum Gasteiger partial charge on any atom is -0.483 e. The van der Waals surface area contributed by atoms with E-state index in [4.69, 9.17) is 10.5 Å². The highest BCUT2D eigenvalue weighted by Gasteiger charge is 2.21. The van der Waals surface area contributed by atoms with Gasteiger partial charge in [-0.15, -0.1) is 11.3 Å². The summed E-state index contributed by atoms with van der Waals surface area (Å²) in [6, 6.07) is 10.1. The van der Waals surface area contributed by atoms with Gasteiger partial charge in [-0.25, -0.2) is 0 Å². The zero-order valence-corrected chi connectivity index (χ0v) is 13.4. The van der Waals surface area contributed by atoms with Crippen molar-refractivity contribution in [3.8, 4) is 5.75 Å². The number of benzene rings is 1. The van der Waals surface area contributed by atoms with Crippen LogP contribution >= 0.6 is 33.9 Å². The van der Waals surface area contributed by atoms with Crippen LogP contribution in [0.4, 0.5) is 0 Å². The molecule has 2 aromatic rings. The molecule has 0 aliphatic carbocycles. The van der Waals surface area contributed by atoms with Crippen molar-refractivity contribution >= 4 is 33.9 Å². The monoisotopic (exact) mass is 373 g/mol. The molecule has 0 spiro atoms. The van der Waals surface area contributed by atoms with E-state index in [1.54, 1.807) is 11.3 Å². The van der Waals surface area contributed by atoms with E-state index >= 15 is 0 Å². The average molecular weight is 373 g/mol. The van der Waals surface area contributed by atoms with Gasteiger partial charge in [-0.2, -0.15) is 0 Å². The van der Waals surface area contributed by atoms with Gasteiger partial charge in [0.15, 0.2) is 0 Å². The molecule has 0 aliphatic rings. The van der Waals surface area contributed by atoms with Crippen LogP contribution in [-0.2, 0) is 0 Å². The molecule has 0 aliphatic heterocycles. The molecule has 4 heteroatoms. The van der Waals surface area contributed by atoms with Crippen molar-refractivity contribution in [1.29, 1.82) is 0 Å². The van der Waals surface area contributed by atoms with E-state index < -0.39 is 0 Å². The van der Waals surface area contributed by atoms with E-state index in [1.165, 1.54) is 14.0 Å². The number of ether oxygens (including phenoxy) is 1. The Hall–Kier alpha value is -0.590. The quantitative estimate of drug-likeness (QED) is 0.818. The zero-order valence-electron chi connectivity index (χ0n) is 10.4. The lowest BCUT2D eigenvalue weighted by Crippen LogP contribution is -2.28. The van der Waals surface area contributed by atoms with Crippen molar-refractivity contribution in [2.24, 2.45) is 5.73 Å². The highest BCUT2D eigenvalue weighted by Crippen LogP contribution is 2.30. The minimum absolute atomic E-state index is 0.0402. The van der Waals surface area contributed by atoms with Gasteiger partial charge in [0.25, 0.3) is 0 Å². The molecule has 2 rings (SSSR count). The number of hydrogen-bond acceptors (Lipinski definition) is 3. The van der Waals surface area contributed by atoms with Gasteiger partial charge in [0.2, 0.25) is 0 Å². The Morgan fingerprint density at radius 1 is 1.22 bits per heavy atom. The van der Waals surface area contributed by atoms with Crippen LogP contribution in [0.1, 0.15) is 23.5 Å². The second-order valence-corrected chi connectivity index (χ2v) is 6.51. The third kappa shape index (κ3) is 3.24. The first kappa shape index (κ1) is 13.8. The summed E-state index contributed by atoms with van der Waals surface area (Å²) in [6.07, 6.45) is -0.0786. The molecule has 2 nitrogen and oxygen atoms in total. The van der Waals surface area contributed by atoms with E-state index in [1.807, 2.05) is 31.2 Å². The SMILES string of the molecule is Cc1ccsc1C(Oc1ccc(I)cc1)C(C)N. The van der Waals surface area contributed by atoms with Crippen molar-refractivity contribution in [3.05, 3.63) is 49.7 Å². The Morgan fingerprint density at radius 2 is 1.89 bits per heavy atom. The second kappa shape index (κ2) is 6.04. The first-order valence-corrected chi connectivity index (χ1v) is 7.75. The van der Waals surface area contributed by atoms with E-state index in [0.717, 1.165) is 5.75 Å². The Morgan fingerprint density at radius 3 is 2.39 bits per heavy atom. The van der Waals surface area contributed by atoms with Crippen LogP contribution in [0.2, 0.25) is 0 Å². The number of halogens is 1. The lowest BCUT2D eigenvalue weighted by atomic mass is 10.1. The predicted molar refractivity (Wildman–Crippen MR) is 85.2 cm³/mol. The molecular weight excluding hydrogens is 357 g/mol. The summed E-state index contributed by atoms with van der Waals surface area (Å²) in [5.41, 5.74) is 7.30. The van der Waals surface area contributed by atoms with Crippen molar-refractivity contribution in [2.75, 3.05) is 0 Å². The maximum Gasteiger partial charge on any atom is 0.148 e. The van der Waals surface area contributed by atoms with Crippen molar-refractivity contribution < 1.29 is 4.74 Å². The first-order chi connectivity index (χ1) is 8.58. The van der Waals surface area contributed by atoms with Gasteiger partial charge in [0.05, 0.1) is 0 Å². The van der Waals surface area contributed by atoms with Crippen molar-refractivity contribution in [1.82, 2.24) is 0 Å². The van der Waals surface area contributed by atoms with Crippen molar-refractivity contribution in [3.63, 3.8) is 0 Å². The topological polar surface area (TPSA) is 35.2 Å². The van der Waals surface area contributed by atoms with E-state index in [-0.39, 0.29) is 12.1 Å². The van der Waals surface area contributed by atoms with Crippen LogP contribution in [0.5, 0.6) is 5.75 Å². The fourth-order valence-electron chi connectivity index (χ4n) is 1.74. The lowest BCUT2D eigenvalue weighted by Gasteiger charge is -2.22. The summed E-state index contributed by atoms with van der Waals surface area (Å²) in [7, 11) is 0. The third-order valence-electron chi connectivity index (χ3n) is 2.71. The Kier molecular flexibility index (Phi) is 4.64. The van der Waals surface area contributed by atoms with Crippen LogP contribution in [0.25, 0.3) is 0 Å². The molecule has 18 heavy (non-hydrogen) atoms. The summed E-state index contributed by atoms with van der Waals surface area (Å²) in [6.45, 7) is 4.08. The number of hydrogen-bond donors (Lipinski definition) is 1. The molecule has 0 fully saturated rings. The minimum atomic E-state index is -0.0786. The number of thiophene rings is 1. The highest BCUT2D eigenvalue weighted by atomic mass is 127. The Bertz CT molecular complexity index is 507. The lowest BCUT2D eigenvalue weighted by molar-refractivity contribution is 0.183. The fourth-order valence-corrected chi connectivity index (χ4v) is 3.16. The van der Waals surface area contributed by atoms with Gasteiger partial charge in [-0.1, -0.05) is 0 Å². The predicted octanol–water partition coefficient (Wildman–Crippen LogP) is 4.13. The molecule has 2 atom stereocenters. The van der Waals surface area contributed by atoms with E-state index in [0.29, 0.717) is 0 Å². The fraction of sp³-hybridized carbons (Fsp3) is 0.286. The summed E-state index contributed by atoms with van der Waals surface area (Å²) in [5.74, 6) is 0.866. The molecule has 0 radical (unpaired) electrons. The van der Waals surface area contributed by atoms with Crippen LogP contribution in [0.15, 0.2) is 35.7 Å². The van der Waals surface area contributed by atoms with E-state index in [9.17, 15) is 0 Å². The largest absolute Gasteiger partial charge is 0.483 e. The molecule has 1 aromatic heterocycles. The number of nitrogens with two attached hydrogens (primary N) is 1. The van der Waals surface area contributed by atoms with Crippen molar-refractivity contribution in [2.45, 2.75) is 26.0 Å². The summed E-state index contributed by atoms with van der Waals surface area (Å²) >= 11 is 3.98. The molecule has 1 heterocycles. The van der Waals surface area contributed by atoms with Gasteiger partial charge >= 0.3 is 0 Å². The Labute approximate surface area is 125 Å². The molecule has 0 saturated carbocycles. The first-order valence-electron chi connectivity index (χ1n) is 5.79. The maximum absolute atomic E-state index is 6.05. The smallest absolute Gasteiger partial charge is 0.148 e. The zero-order chi connectivity index (χ0) is 13.1. The summed E-state index contributed by atoms with van der Waals surface area (Å²) in [4.78, 5) is 1.21. The molecule has 0 amide bonds. The van der Waals surface area contributed by atoms with Crippen LogP contribution < -0.4 is 10.5 Å². The van der Waals surface area contributed by atoms with Gasteiger partial charge < -0.3 is 10.5 Å². The molecule has 0 bridgehead atoms. The van der Waals surface area contributed by atoms with Gasteiger partial charge in [0.1, 0.15) is 11.9 Å². The number of aryl methyl sites for hydroxylation is 1. The van der Waals surface area contributed by atoms with Gasteiger partial charge in [0, 0.05) is 14.5 Å². The molecule has 0 saturated heterocycles. The summed E-state index contributed by atoms with van der Waals surface area (Å²) < 4.78 is 7.24. The van der Waals surface area contributed by atoms with E-state index in [2.05, 4.69) is 41.0 Å². The third-order valence-corrected chi connectivity index (χ3v) is 4.51. The van der Waals surface area contributed by atoms with Gasteiger partial charge in [-0.05, 0) is 77.7 Å². The average Bonchev–Trinajstić information content (AvgIpc) is 2.74. The molecule has 96 valence electrons. The highest BCUT2D eigenvalue weighted by molar-refractivity contribution is 14.1. The maximum atomic E-state index is 6.05. The standard InChI is InChI=1S/C14H16INOS/c1-9-7-8-18-14(9)13(10(2)16)17-12-5-3-11(15)4-6-12/h3-8,10,13H,16H2,1-2H3. The van der Waals surface area contributed by atoms with Crippen LogP contribution in [0, 0.1) is 10.5 Å². The Balaban J connectivity index is 2.22. The molecule has 1 aromatic carbocycles. The second-order valence-electron chi connectivity index (χ2n) is 4.32. The summed E-state index contributed by atoms with van der Waals surface area (Å²) in [5, 5.41) is 2.08. The molecular formula is C14H16INOS. The molecule has 2 N–H and O–H groups in total. The van der Waals surface area contributed by atoms with Crippen LogP contribution in [-0.4, -0.2) is 6.04 Å². The molecule has 2 unspecified atom stereocenters. The number of rotatable bonds is 4. The van der Waals surface area contributed by atoms with Gasteiger partial charge in [-0.3, -0.25) is 0 Å². The normalized spacial score (nSPS) is 14.2. The van der Waals surface area contributed by atoms with Crippen LogP contribution in [0.3, 0.4) is 0 Å².